The number of nitrogens with one attached hydrogen (secondary N) is 1. The Bertz CT molecular complexity index is 403. The van der Waals surface area contributed by atoms with E-state index in [-0.39, 0.29) is 6.04 Å². The fourth-order valence-corrected chi connectivity index (χ4v) is 2.50. The summed E-state index contributed by atoms with van der Waals surface area (Å²) in [5.41, 5.74) is 0.821. The highest BCUT2D eigenvalue weighted by Crippen LogP contribution is 2.24. The molecule has 1 aromatic carbocycles. The monoisotopic (exact) mass is 254 g/mol. The number of hydrogen-bond acceptors (Lipinski definition) is 2. The van der Waals surface area contributed by atoms with Crippen molar-refractivity contribution in [2.24, 2.45) is 0 Å². The van der Waals surface area contributed by atoms with Crippen molar-refractivity contribution in [3.63, 3.8) is 0 Å². The van der Waals surface area contributed by atoms with Crippen LogP contribution in [0.25, 0.3) is 0 Å². The van der Waals surface area contributed by atoms with Gasteiger partial charge in [-0.2, -0.15) is 0 Å². The zero-order valence-corrected chi connectivity index (χ0v) is 10.9. The number of piperidine rings is 1. The van der Waals surface area contributed by atoms with Gasteiger partial charge in [-0.05, 0) is 51.1 Å². The van der Waals surface area contributed by atoms with Crippen LogP contribution in [0.2, 0.25) is 0 Å². The molecule has 1 aromatic rings. The molecule has 2 nitrogen and oxygen atoms in total. The molecule has 1 N–H and O–H groups in total. The average Bonchev–Trinajstić information content (AvgIpc) is 2.41. The summed E-state index contributed by atoms with van der Waals surface area (Å²) in [5, 5.41) is 3.37. The van der Waals surface area contributed by atoms with Gasteiger partial charge in [-0.15, -0.1) is 0 Å². The molecule has 0 spiro atoms. The third kappa shape index (κ3) is 2.87. The SMILES string of the molecule is CC(c1ccc(F)c(F)c1)N(C)C1CCCNC1. The van der Waals surface area contributed by atoms with E-state index in [0.717, 1.165) is 25.1 Å². The van der Waals surface area contributed by atoms with Crippen LogP contribution in [-0.4, -0.2) is 31.1 Å². The van der Waals surface area contributed by atoms with Gasteiger partial charge in [-0.3, -0.25) is 4.90 Å². The minimum Gasteiger partial charge on any atom is -0.315 e. The number of rotatable bonds is 3. The second-order valence-electron chi connectivity index (χ2n) is 5.02. The first-order valence-electron chi connectivity index (χ1n) is 6.47. The lowest BCUT2D eigenvalue weighted by atomic mass is 10.0. The molecule has 1 aliphatic heterocycles. The number of benzene rings is 1. The minimum absolute atomic E-state index is 0.0880. The van der Waals surface area contributed by atoms with E-state index in [1.165, 1.54) is 18.6 Å². The molecule has 100 valence electrons. The quantitative estimate of drug-likeness (QED) is 0.892. The maximum absolute atomic E-state index is 13.2. The van der Waals surface area contributed by atoms with Crippen LogP contribution in [0.5, 0.6) is 0 Å². The van der Waals surface area contributed by atoms with Crippen molar-refractivity contribution in [1.82, 2.24) is 10.2 Å². The Kier molecular flexibility index (Phi) is 4.30. The van der Waals surface area contributed by atoms with E-state index in [1.54, 1.807) is 6.07 Å². The molecular formula is C14H20F2N2. The molecule has 0 radical (unpaired) electrons. The third-order valence-electron chi connectivity index (χ3n) is 3.88. The molecule has 2 unspecified atom stereocenters. The van der Waals surface area contributed by atoms with E-state index in [4.69, 9.17) is 0 Å². The fourth-order valence-electron chi connectivity index (χ4n) is 2.50. The zero-order chi connectivity index (χ0) is 13.1. The lowest BCUT2D eigenvalue weighted by Gasteiger charge is -2.36. The highest BCUT2D eigenvalue weighted by Gasteiger charge is 2.23. The Labute approximate surface area is 107 Å². The van der Waals surface area contributed by atoms with Gasteiger partial charge in [-0.1, -0.05) is 6.07 Å². The average molecular weight is 254 g/mol. The van der Waals surface area contributed by atoms with Gasteiger partial charge in [0.1, 0.15) is 0 Å². The molecule has 2 rings (SSSR count). The molecule has 0 aromatic heterocycles. The van der Waals surface area contributed by atoms with Crippen LogP contribution >= 0.6 is 0 Å². The van der Waals surface area contributed by atoms with E-state index >= 15 is 0 Å². The first kappa shape index (κ1) is 13.4. The summed E-state index contributed by atoms with van der Waals surface area (Å²) < 4.78 is 26.2. The van der Waals surface area contributed by atoms with Gasteiger partial charge in [0.25, 0.3) is 0 Å². The third-order valence-corrected chi connectivity index (χ3v) is 3.88. The smallest absolute Gasteiger partial charge is 0.159 e. The first-order valence-corrected chi connectivity index (χ1v) is 6.47. The molecule has 0 amide bonds. The van der Waals surface area contributed by atoms with Crippen LogP contribution in [-0.2, 0) is 0 Å². The standard InChI is InChI=1S/C14H20F2N2/c1-10(11-5-6-13(15)14(16)8-11)18(2)12-4-3-7-17-9-12/h5-6,8,10,12,17H,3-4,7,9H2,1-2H3. The van der Waals surface area contributed by atoms with Crippen molar-refractivity contribution >= 4 is 0 Å². The van der Waals surface area contributed by atoms with Crippen molar-refractivity contribution in [2.45, 2.75) is 31.8 Å². The van der Waals surface area contributed by atoms with Crippen molar-refractivity contribution in [3.05, 3.63) is 35.4 Å². The second kappa shape index (κ2) is 5.76. The van der Waals surface area contributed by atoms with E-state index in [9.17, 15) is 8.78 Å². The highest BCUT2D eigenvalue weighted by atomic mass is 19.2. The topological polar surface area (TPSA) is 15.3 Å². The summed E-state index contributed by atoms with van der Waals surface area (Å²) in [6.07, 6.45) is 2.32. The van der Waals surface area contributed by atoms with E-state index < -0.39 is 11.6 Å². The molecule has 1 heterocycles. The minimum atomic E-state index is -0.784. The Morgan fingerprint density at radius 3 is 2.72 bits per heavy atom. The van der Waals surface area contributed by atoms with E-state index in [1.807, 2.05) is 14.0 Å². The van der Waals surface area contributed by atoms with Gasteiger partial charge in [0.15, 0.2) is 11.6 Å². The predicted molar refractivity (Wildman–Crippen MR) is 68.4 cm³/mol. The molecule has 18 heavy (non-hydrogen) atoms. The van der Waals surface area contributed by atoms with Crippen molar-refractivity contribution in [1.29, 1.82) is 0 Å². The molecule has 0 aliphatic carbocycles. The van der Waals surface area contributed by atoms with Crippen LogP contribution in [0.3, 0.4) is 0 Å². The number of halogens is 2. The molecule has 2 atom stereocenters. The molecule has 0 saturated carbocycles. The number of nitrogens with zero attached hydrogens (tertiary/aromatic N) is 1. The summed E-state index contributed by atoms with van der Waals surface area (Å²) in [4.78, 5) is 2.23. The van der Waals surface area contributed by atoms with Gasteiger partial charge < -0.3 is 5.32 Å². The lowest BCUT2D eigenvalue weighted by molar-refractivity contribution is 0.156. The Morgan fingerprint density at radius 1 is 1.33 bits per heavy atom. The maximum atomic E-state index is 13.2. The lowest BCUT2D eigenvalue weighted by Crippen LogP contribution is -2.45. The highest BCUT2D eigenvalue weighted by molar-refractivity contribution is 5.21. The van der Waals surface area contributed by atoms with Crippen molar-refractivity contribution in [3.8, 4) is 0 Å². The number of likely N-dealkylation sites (N-methyl/N-ethyl adjacent to an activating group) is 1. The summed E-state index contributed by atoms with van der Waals surface area (Å²) in [5.74, 6) is -1.55. The largest absolute Gasteiger partial charge is 0.315 e. The van der Waals surface area contributed by atoms with Crippen molar-refractivity contribution < 1.29 is 8.78 Å². The van der Waals surface area contributed by atoms with Gasteiger partial charge >= 0.3 is 0 Å². The summed E-state index contributed by atoms with van der Waals surface area (Å²) in [6.45, 7) is 4.07. The van der Waals surface area contributed by atoms with Crippen molar-refractivity contribution in [2.75, 3.05) is 20.1 Å². The number of hydrogen-bond donors (Lipinski definition) is 1. The predicted octanol–water partition coefficient (Wildman–Crippen LogP) is 2.71. The molecule has 1 fully saturated rings. The molecule has 1 aliphatic rings. The summed E-state index contributed by atoms with van der Waals surface area (Å²) in [6, 6.07) is 4.71. The molecular weight excluding hydrogens is 234 g/mol. The summed E-state index contributed by atoms with van der Waals surface area (Å²) in [7, 11) is 2.05. The molecule has 1 saturated heterocycles. The van der Waals surface area contributed by atoms with Gasteiger partial charge in [0.2, 0.25) is 0 Å². The Morgan fingerprint density at radius 2 is 2.11 bits per heavy atom. The van der Waals surface area contributed by atoms with E-state index in [0.29, 0.717) is 6.04 Å². The zero-order valence-electron chi connectivity index (χ0n) is 10.9. The second-order valence-corrected chi connectivity index (χ2v) is 5.02. The van der Waals surface area contributed by atoms with E-state index in [2.05, 4.69) is 10.2 Å². The van der Waals surface area contributed by atoms with Crippen LogP contribution < -0.4 is 5.32 Å². The Hall–Kier alpha value is -1.00. The fraction of sp³-hybridized carbons (Fsp3) is 0.571. The van der Waals surface area contributed by atoms with Crippen LogP contribution in [0, 0.1) is 11.6 Å². The normalized spacial score (nSPS) is 22.2. The maximum Gasteiger partial charge on any atom is 0.159 e. The molecule has 0 bridgehead atoms. The van der Waals surface area contributed by atoms with Crippen LogP contribution in [0.1, 0.15) is 31.4 Å². The summed E-state index contributed by atoms with van der Waals surface area (Å²) >= 11 is 0. The van der Waals surface area contributed by atoms with Crippen LogP contribution in [0.15, 0.2) is 18.2 Å². The first-order chi connectivity index (χ1) is 8.59. The molecule has 4 heteroatoms. The van der Waals surface area contributed by atoms with Gasteiger partial charge in [-0.25, -0.2) is 8.78 Å². The van der Waals surface area contributed by atoms with Gasteiger partial charge in [0, 0.05) is 18.6 Å². The van der Waals surface area contributed by atoms with Gasteiger partial charge in [0.05, 0.1) is 0 Å². The van der Waals surface area contributed by atoms with Crippen LogP contribution in [0.4, 0.5) is 8.78 Å². The Balaban J connectivity index is 2.09.